The Morgan fingerprint density at radius 2 is 1.76 bits per heavy atom. The molecule has 3 heteroatoms. The summed E-state index contributed by atoms with van der Waals surface area (Å²) in [5.41, 5.74) is 1.23. The van der Waals surface area contributed by atoms with E-state index in [1.165, 1.54) is 5.56 Å². The first-order valence-electron chi connectivity index (χ1n) is 6.16. The maximum atomic E-state index is 9.29. The van der Waals surface area contributed by atoms with Crippen molar-refractivity contribution >= 4 is 11.6 Å². The molecule has 3 atom stereocenters. The van der Waals surface area contributed by atoms with Crippen LogP contribution in [0.4, 0.5) is 0 Å². The summed E-state index contributed by atoms with van der Waals surface area (Å²) in [4.78, 5) is 0. The summed E-state index contributed by atoms with van der Waals surface area (Å²) in [6.07, 6.45) is 0.609. The molecule has 1 rings (SSSR count). The normalized spacial score (nSPS) is 16.5. The number of nitrogens with one attached hydrogen (secondary N) is 1. The topological polar surface area (TPSA) is 32.3 Å². The van der Waals surface area contributed by atoms with Gasteiger partial charge in [0.15, 0.2) is 0 Å². The monoisotopic (exact) mass is 255 g/mol. The average molecular weight is 256 g/mol. The third-order valence-corrected chi connectivity index (χ3v) is 3.14. The zero-order valence-electron chi connectivity index (χ0n) is 10.8. The van der Waals surface area contributed by atoms with Crippen LogP contribution < -0.4 is 5.32 Å². The molecule has 0 aliphatic rings. The van der Waals surface area contributed by atoms with Crippen molar-refractivity contribution in [1.29, 1.82) is 0 Å². The van der Waals surface area contributed by atoms with Crippen molar-refractivity contribution in [3.63, 3.8) is 0 Å². The van der Waals surface area contributed by atoms with E-state index in [1.54, 1.807) is 0 Å². The molecule has 2 N–H and O–H groups in total. The van der Waals surface area contributed by atoms with Gasteiger partial charge in [-0.05, 0) is 50.4 Å². The number of benzene rings is 1. The highest BCUT2D eigenvalue weighted by Crippen LogP contribution is 2.16. The Labute approximate surface area is 109 Å². The second-order valence-corrected chi connectivity index (χ2v) is 5.31. The molecule has 0 radical (unpaired) electrons. The van der Waals surface area contributed by atoms with Gasteiger partial charge in [-0.1, -0.05) is 30.7 Å². The molecule has 1 aromatic rings. The van der Waals surface area contributed by atoms with Crippen molar-refractivity contribution in [2.75, 3.05) is 6.54 Å². The van der Waals surface area contributed by atoms with Crippen LogP contribution in [-0.2, 0) is 0 Å². The van der Waals surface area contributed by atoms with Gasteiger partial charge in [0, 0.05) is 11.1 Å². The molecule has 0 fully saturated rings. The van der Waals surface area contributed by atoms with Crippen molar-refractivity contribution in [3.8, 4) is 0 Å². The van der Waals surface area contributed by atoms with Crippen molar-refractivity contribution in [3.05, 3.63) is 34.9 Å². The van der Waals surface area contributed by atoms with E-state index in [-0.39, 0.29) is 6.10 Å². The van der Waals surface area contributed by atoms with Gasteiger partial charge in [-0.25, -0.2) is 0 Å². The summed E-state index contributed by atoms with van der Waals surface area (Å²) >= 11 is 5.85. The summed E-state index contributed by atoms with van der Waals surface area (Å²) in [7, 11) is 0. The van der Waals surface area contributed by atoms with Gasteiger partial charge in [0.05, 0.1) is 6.10 Å². The lowest BCUT2D eigenvalue weighted by Crippen LogP contribution is -2.26. The highest BCUT2D eigenvalue weighted by Gasteiger charge is 2.09. The fourth-order valence-corrected chi connectivity index (χ4v) is 2.04. The molecule has 0 saturated heterocycles. The van der Waals surface area contributed by atoms with Crippen LogP contribution >= 0.6 is 11.6 Å². The first-order valence-corrected chi connectivity index (χ1v) is 6.53. The molecule has 0 unspecified atom stereocenters. The lowest BCUT2D eigenvalue weighted by Gasteiger charge is -2.19. The van der Waals surface area contributed by atoms with E-state index in [0.717, 1.165) is 18.0 Å². The van der Waals surface area contributed by atoms with Crippen molar-refractivity contribution in [1.82, 2.24) is 5.32 Å². The Hall–Kier alpha value is -0.570. The zero-order valence-corrected chi connectivity index (χ0v) is 11.5. The predicted octanol–water partition coefficient (Wildman–Crippen LogP) is 3.40. The van der Waals surface area contributed by atoms with Crippen LogP contribution in [0.25, 0.3) is 0 Å². The largest absolute Gasteiger partial charge is 0.393 e. The second kappa shape index (κ2) is 7.00. The Morgan fingerprint density at radius 1 is 1.18 bits per heavy atom. The Kier molecular flexibility index (Phi) is 5.96. The minimum absolute atomic E-state index is 0.224. The van der Waals surface area contributed by atoms with E-state index in [9.17, 15) is 5.11 Å². The Morgan fingerprint density at radius 3 is 2.29 bits per heavy atom. The van der Waals surface area contributed by atoms with Crippen LogP contribution in [0, 0.1) is 5.92 Å². The third-order valence-electron chi connectivity index (χ3n) is 2.89. The Balaban J connectivity index is 2.39. The fourth-order valence-electron chi connectivity index (χ4n) is 1.91. The molecule has 0 amide bonds. The number of aliphatic hydroxyl groups excluding tert-OH is 1. The maximum absolute atomic E-state index is 9.29. The van der Waals surface area contributed by atoms with Gasteiger partial charge in [0.25, 0.3) is 0 Å². The molecule has 0 bridgehead atoms. The van der Waals surface area contributed by atoms with Crippen LogP contribution in [0.1, 0.15) is 38.8 Å². The standard InChI is InChI=1S/C14H22ClNO/c1-10(8-11(2)17)9-16-12(3)13-4-6-14(15)7-5-13/h4-7,10-12,16-17H,8-9H2,1-3H3/t10-,11+,12-/m1/s1. The summed E-state index contributed by atoms with van der Waals surface area (Å²) < 4.78 is 0. The van der Waals surface area contributed by atoms with Gasteiger partial charge >= 0.3 is 0 Å². The van der Waals surface area contributed by atoms with Crippen LogP contribution in [-0.4, -0.2) is 17.8 Å². The first-order chi connectivity index (χ1) is 7.99. The van der Waals surface area contributed by atoms with Gasteiger partial charge in [0.1, 0.15) is 0 Å². The minimum Gasteiger partial charge on any atom is -0.393 e. The van der Waals surface area contributed by atoms with E-state index in [2.05, 4.69) is 19.2 Å². The van der Waals surface area contributed by atoms with Crippen LogP contribution in [0.15, 0.2) is 24.3 Å². The van der Waals surface area contributed by atoms with Crippen molar-refractivity contribution in [2.45, 2.75) is 39.3 Å². The molecule has 0 heterocycles. The molecule has 1 aromatic carbocycles. The van der Waals surface area contributed by atoms with Crippen molar-refractivity contribution in [2.24, 2.45) is 5.92 Å². The van der Waals surface area contributed by atoms with E-state index in [0.29, 0.717) is 12.0 Å². The van der Waals surface area contributed by atoms with Crippen LogP contribution in [0.3, 0.4) is 0 Å². The second-order valence-electron chi connectivity index (χ2n) is 4.87. The summed E-state index contributed by atoms with van der Waals surface area (Å²) in [6, 6.07) is 8.21. The van der Waals surface area contributed by atoms with Crippen molar-refractivity contribution < 1.29 is 5.11 Å². The van der Waals surface area contributed by atoms with Gasteiger partial charge in [-0.3, -0.25) is 0 Å². The quantitative estimate of drug-likeness (QED) is 0.817. The molecule has 0 saturated carbocycles. The van der Waals surface area contributed by atoms with Gasteiger partial charge < -0.3 is 10.4 Å². The molecular formula is C14H22ClNO. The number of aliphatic hydroxyl groups is 1. The Bertz CT molecular complexity index is 323. The molecule has 0 aliphatic heterocycles. The highest BCUT2D eigenvalue weighted by molar-refractivity contribution is 6.30. The first kappa shape index (κ1) is 14.5. The SMILES string of the molecule is C[C@@H](CN[C@H](C)c1ccc(Cl)cc1)C[C@H](C)O. The lowest BCUT2D eigenvalue weighted by atomic mass is 10.0. The summed E-state index contributed by atoms with van der Waals surface area (Å²) in [5.74, 6) is 0.477. The summed E-state index contributed by atoms with van der Waals surface area (Å²) in [6.45, 7) is 7.03. The van der Waals surface area contributed by atoms with E-state index >= 15 is 0 Å². The lowest BCUT2D eigenvalue weighted by molar-refractivity contribution is 0.162. The van der Waals surface area contributed by atoms with Gasteiger partial charge in [0.2, 0.25) is 0 Å². The summed E-state index contributed by atoms with van der Waals surface area (Å²) in [5, 5.41) is 13.5. The van der Waals surface area contributed by atoms with E-state index < -0.39 is 0 Å². The minimum atomic E-state index is -0.224. The third kappa shape index (κ3) is 5.53. The van der Waals surface area contributed by atoms with Gasteiger partial charge in [-0.15, -0.1) is 0 Å². The van der Waals surface area contributed by atoms with E-state index in [1.807, 2.05) is 31.2 Å². The highest BCUT2D eigenvalue weighted by atomic mass is 35.5. The van der Waals surface area contributed by atoms with E-state index in [4.69, 9.17) is 11.6 Å². The van der Waals surface area contributed by atoms with Crippen LogP contribution in [0.5, 0.6) is 0 Å². The molecule has 0 aromatic heterocycles. The molecular weight excluding hydrogens is 234 g/mol. The number of rotatable bonds is 6. The predicted molar refractivity (Wildman–Crippen MR) is 73.3 cm³/mol. The smallest absolute Gasteiger partial charge is 0.0515 e. The fraction of sp³-hybridized carbons (Fsp3) is 0.571. The van der Waals surface area contributed by atoms with Gasteiger partial charge in [-0.2, -0.15) is 0 Å². The molecule has 96 valence electrons. The average Bonchev–Trinajstić information content (AvgIpc) is 2.26. The molecule has 2 nitrogen and oxygen atoms in total. The maximum Gasteiger partial charge on any atom is 0.0515 e. The molecule has 17 heavy (non-hydrogen) atoms. The van der Waals surface area contributed by atoms with Crippen LogP contribution in [0.2, 0.25) is 5.02 Å². The zero-order chi connectivity index (χ0) is 12.8. The number of hydrogen-bond acceptors (Lipinski definition) is 2. The molecule has 0 spiro atoms. The molecule has 0 aliphatic carbocycles. The number of hydrogen-bond donors (Lipinski definition) is 2. The number of halogens is 1.